The molecule has 0 bridgehead atoms. The van der Waals surface area contributed by atoms with Gasteiger partial charge in [0.2, 0.25) is 5.91 Å². The van der Waals surface area contributed by atoms with E-state index in [2.05, 4.69) is 20.8 Å². The lowest BCUT2D eigenvalue weighted by Crippen LogP contribution is -2.40. The summed E-state index contributed by atoms with van der Waals surface area (Å²) >= 11 is 0. The lowest BCUT2D eigenvalue weighted by atomic mass is 9.94. The van der Waals surface area contributed by atoms with Crippen molar-refractivity contribution in [3.05, 3.63) is 0 Å². The van der Waals surface area contributed by atoms with Crippen molar-refractivity contribution in [2.24, 2.45) is 23.5 Å². The molecule has 0 aliphatic heterocycles. The molecule has 2 N–H and O–H groups in total. The molecule has 17 heavy (non-hydrogen) atoms. The standard InChI is InChI=1S/C13H26N2O.ClH/c1-4-15(9-10(2)3)13(16)12-7-5-6-11(12)8-14;/h10-12H,4-9,14H2,1-3H3;1H/t11-,12-;/m1./s1. The molecule has 0 aromatic carbocycles. The van der Waals surface area contributed by atoms with Crippen molar-refractivity contribution in [3.63, 3.8) is 0 Å². The van der Waals surface area contributed by atoms with Gasteiger partial charge in [0.05, 0.1) is 0 Å². The van der Waals surface area contributed by atoms with Gasteiger partial charge in [0.15, 0.2) is 0 Å². The molecular weight excluding hydrogens is 236 g/mol. The Morgan fingerprint density at radius 1 is 1.41 bits per heavy atom. The predicted molar refractivity (Wildman–Crippen MR) is 74.2 cm³/mol. The van der Waals surface area contributed by atoms with Gasteiger partial charge < -0.3 is 10.6 Å². The molecule has 1 aliphatic carbocycles. The monoisotopic (exact) mass is 262 g/mol. The van der Waals surface area contributed by atoms with Crippen LogP contribution in [0.2, 0.25) is 0 Å². The molecule has 1 fully saturated rings. The van der Waals surface area contributed by atoms with E-state index in [9.17, 15) is 4.79 Å². The third kappa shape index (κ3) is 4.47. The highest BCUT2D eigenvalue weighted by Crippen LogP contribution is 2.32. The molecule has 3 nitrogen and oxygen atoms in total. The molecule has 0 unspecified atom stereocenters. The molecule has 0 aromatic heterocycles. The van der Waals surface area contributed by atoms with E-state index < -0.39 is 0 Å². The summed E-state index contributed by atoms with van der Waals surface area (Å²) in [4.78, 5) is 14.4. The van der Waals surface area contributed by atoms with Gasteiger partial charge in [0.1, 0.15) is 0 Å². The van der Waals surface area contributed by atoms with E-state index in [0.717, 1.165) is 32.4 Å². The minimum atomic E-state index is 0. The first kappa shape index (κ1) is 16.7. The first-order valence-corrected chi connectivity index (χ1v) is 6.59. The van der Waals surface area contributed by atoms with E-state index in [4.69, 9.17) is 5.73 Å². The Morgan fingerprint density at radius 3 is 2.53 bits per heavy atom. The Balaban J connectivity index is 0.00000256. The molecule has 1 amide bonds. The fraction of sp³-hybridized carbons (Fsp3) is 0.923. The lowest BCUT2D eigenvalue weighted by molar-refractivity contribution is -0.136. The molecule has 0 saturated heterocycles. The van der Waals surface area contributed by atoms with Crippen LogP contribution in [0.15, 0.2) is 0 Å². The Kier molecular flexibility index (Phi) is 7.80. The Hall–Kier alpha value is -0.280. The summed E-state index contributed by atoms with van der Waals surface area (Å²) in [6.07, 6.45) is 3.33. The van der Waals surface area contributed by atoms with E-state index in [1.54, 1.807) is 0 Å². The Labute approximate surface area is 112 Å². The van der Waals surface area contributed by atoms with Crippen LogP contribution < -0.4 is 5.73 Å². The van der Waals surface area contributed by atoms with E-state index >= 15 is 0 Å². The fourth-order valence-electron chi connectivity index (χ4n) is 2.69. The molecule has 1 saturated carbocycles. The van der Waals surface area contributed by atoms with Gasteiger partial charge >= 0.3 is 0 Å². The summed E-state index contributed by atoms with van der Waals surface area (Å²) in [7, 11) is 0. The van der Waals surface area contributed by atoms with Crippen molar-refractivity contribution in [3.8, 4) is 0 Å². The smallest absolute Gasteiger partial charge is 0.226 e. The van der Waals surface area contributed by atoms with Crippen molar-refractivity contribution in [2.75, 3.05) is 19.6 Å². The quantitative estimate of drug-likeness (QED) is 0.826. The summed E-state index contributed by atoms with van der Waals surface area (Å²) in [6, 6.07) is 0. The first-order chi connectivity index (χ1) is 7.60. The van der Waals surface area contributed by atoms with Crippen molar-refractivity contribution in [1.29, 1.82) is 0 Å². The predicted octanol–water partition coefficient (Wildman–Crippen LogP) is 2.29. The molecule has 1 rings (SSSR count). The van der Waals surface area contributed by atoms with Crippen LogP contribution in [-0.2, 0) is 4.79 Å². The Bertz CT molecular complexity index is 233. The zero-order valence-corrected chi connectivity index (χ0v) is 12.1. The number of nitrogens with zero attached hydrogens (tertiary/aromatic N) is 1. The third-order valence-corrected chi connectivity index (χ3v) is 3.56. The van der Waals surface area contributed by atoms with Crippen LogP contribution >= 0.6 is 12.4 Å². The number of hydrogen-bond donors (Lipinski definition) is 1. The second-order valence-electron chi connectivity index (χ2n) is 5.30. The van der Waals surface area contributed by atoms with Gasteiger partial charge in [-0.05, 0) is 38.1 Å². The zero-order chi connectivity index (χ0) is 12.1. The number of nitrogens with two attached hydrogens (primary N) is 1. The normalized spacial score (nSPS) is 23.6. The van der Waals surface area contributed by atoms with Crippen molar-refractivity contribution in [2.45, 2.75) is 40.0 Å². The lowest BCUT2D eigenvalue weighted by Gasteiger charge is -2.28. The fourth-order valence-corrected chi connectivity index (χ4v) is 2.69. The third-order valence-electron chi connectivity index (χ3n) is 3.56. The number of carbonyl (C=O) groups is 1. The van der Waals surface area contributed by atoms with Gasteiger partial charge in [0.25, 0.3) is 0 Å². The number of carbonyl (C=O) groups excluding carboxylic acids is 1. The van der Waals surface area contributed by atoms with Crippen LogP contribution in [0.3, 0.4) is 0 Å². The van der Waals surface area contributed by atoms with Gasteiger partial charge in [-0.3, -0.25) is 4.79 Å². The summed E-state index contributed by atoms with van der Waals surface area (Å²) in [5.74, 6) is 1.50. The van der Waals surface area contributed by atoms with Crippen LogP contribution in [0.1, 0.15) is 40.0 Å². The SMILES string of the molecule is CCN(CC(C)C)C(=O)[C@@H]1CCC[C@@H]1CN.Cl. The van der Waals surface area contributed by atoms with E-state index in [0.29, 0.717) is 24.3 Å². The molecule has 0 radical (unpaired) electrons. The molecule has 102 valence electrons. The van der Waals surface area contributed by atoms with Gasteiger partial charge in [-0.25, -0.2) is 0 Å². The highest BCUT2D eigenvalue weighted by molar-refractivity contribution is 5.85. The molecule has 0 spiro atoms. The summed E-state index contributed by atoms with van der Waals surface area (Å²) in [6.45, 7) is 8.74. The summed E-state index contributed by atoms with van der Waals surface area (Å²) < 4.78 is 0. The molecule has 1 aliphatic rings. The van der Waals surface area contributed by atoms with Crippen LogP contribution in [0.4, 0.5) is 0 Å². The van der Waals surface area contributed by atoms with Crippen molar-refractivity contribution in [1.82, 2.24) is 4.90 Å². The number of rotatable bonds is 5. The molecule has 2 atom stereocenters. The van der Waals surface area contributed by atoms with Gasteiger partial charge in [-0.2, -0.15) is 0 Å². The van der Waals surface area contributed by atoms with Gasteiger partial charge in [0, 0.05) is 19.0 Å². The molecule has 0 aromatic rings. The minimum Gasteiger partial charge on any atom is -0.342 e. The molecule has 4 heteroatoms. The van der Waals surface area contributed by atoms with Gasteiger partial charge in [-0.1, -0.05) is 20.3 Å². The van der Waals surface area contributed by atoms with E-state index in [1.165, 1.54) is 0 Å². The topological polar surface area (TPSA) is 46.3 Å². The number of amides is 1. The maximum Gasteiger partial charge on any atom is 0.226 e. The molecule has 0 heterocycles. The van der Waals surface area contributed by atoms with Gasteiger partial charge in [-0.15, -0.1) is 12.4 Å². The maximum absolute atomic E-state index is 12.4. The number of hydrogen-bond acceptors (Lipinski definition) is 2. The first-order valence-electron chi connectivity index (χ1n) is 6.59. The van der Waals surface area contributed by atoms with Crippen LogP contribution in [0.25, 0.3) is 0 Å². The van der Waals surface area contributed by atoms with Crippen LogP contribution in [0.5, 0.6) is 0 Å². The highest BCUT2D eigenvalue weighted by atomic mass is 35.5. The van der Waals surface area contributed by atoms with Crippen molar-refractivity contribution >= 4 is 18.3 Å². The molecular formula is C13H27ClN2O. The number of halogens is 1. The Morgan fingerprint density at radius 2 is 2.06 bits per heavy atom. The summed E-state index contributed by atoms with van der Waals surface area (Å²) in [5.41, 5.74) is 5.73. The average molecular weight is 263 g/mol. The zero-order valence-electron chi connectivity index (χ0n) is 11.3. The van der Waals surface area contributed by atoms with E-state index in [-0.39, 0.29) is 18.3 Å². The van der Waals surface area contributed by atoms with Crippen LogP contribution in [0, 0.1) is 17.8 Å². The van der Waals surface area contributed by atoms with E-state index in [1.807, 2.05) is 4.90 Å². The van der Waals surface area contributed by atoms with Crippen LogP contribution in [-0.4, -0.2) is 30.4 Å². The average Bonchev–Trinajstić information content (AvgIpc) is 2.72. The second kappa shape index (κ2) is 7.93. The summed E-state index contributed by atoms with van der Waals surface area (Å²) in [5, 5.41) is 0. The van der Waals surface area contributed by atoms with Crippen molar-refractivity contribution < 1.29 is 4.79 Å². The minimum absolute atomic E-state index is 0. The second-order valence-corrected chi connectivity index (χ2v) is 5.30. The maximum atomic E-state index is 12.4. The largest absolute Gasteiger partial charge is 0.342 e. The highest BCUT2D eigenvalue weighted by Gasteiger charge is 2.34.